The van der Waals surface area contributed by atoms with E-state index in [4.69, 9.17) is 9.47 Å². The van der Waals surface area contributed by atoms with Crippen LogP contribution in [0.15, 0.2) is 35.3 Å². The number of likely N-dealkylation sites (N-methyl/N-ethyl adjacent to an activating group) is 1. The zero-order valence-corrected chi connectivity index (χ0v) is 18.4. The van der Waals surface area contributed by atoms with Crippen LogP contribution in [0.2, 0.25) is 0 Å². The number of amides is 1. The van der Waals surface area contributed by atoms with Gasteiger partial charge in [-0.2, -0.15) is 0 Å². The zero-order chi connectivity index (χ0) is 21.2. The Morgan fingerprint density at radius 1 is 1.27 bits per heavy atom. The van der Waals surface area contributed by atoms with Gasteiger partial charge in [0, 0.05) is 46.3 Å². The standard InChI is InChI=1S/C23H36N4O3/c1-26(2)22(28)15-25-23(24-14-21-10-6-7-13-30-21)27-12-11-20(16-27)18-29-17-19-8-4-3-5-9-19/h3-5,8-9,20-21H,6-7,10-18H2,1-2H3,(H,24,25). The quantitative estimate of drug-likeness (QED) is 0.520. The maximum absolute atomic E-state index is 12.0. The lowest BCUT2D eigenvalue weighted by molar-refractivity contribution is -0.127. The molecule has 7 nitrogen and oxygen atoms in total. The molecule has 1 aromatic carbocycles. The third-order valence-corrected chi connectivity index (χ3v) is 5.68. The van der Waals surface area contributed by atoms with Crippen molar-refractivity contribution in [2.24, 2.45) is 10.9 Å². The first-order chi connectivity index (χ1) is 14.6. The number of rotatable bonds is 8. The molecule has 0 aromatic heterocycles. The molecule has 1 aromatic rings. The maximum Gasteiger partial charge on any atom is 0.243 e. The molecule has 2 atom stereocenters. The molecule has 166 valence electrons. The molecule has 2 aliphatic rings. The summed E-state index contributed by atoms with van der Waals surface area (Å²) in [5.41, 5.74) is 1.20. The fraction of sp³-hybridized carbons (Fsp3) is 0.652. The number of nitrogens with zero attached hydrogens (tertiary/aromatic N) is 3. The highest BCUT2D eigenvalue weighted by Crippen LogP contribution is 2.18. The first-order valence-electron chi connectivity index (χ1n) is 11.1. The van der Waals surface area contributed by atoms with Crippen LogP contribution in [0, 0.1) is 5.92 Å². The average molecular weight is 417 g/mol. The Labute approximate surface area is 180 Å². The van der Waals surface area contributed by atoms with Gasteiger partial charge in [-0.15, -0.1) is 0 Å². The van der Waals surface area contributed by atoms with E-state index in [-0.39, 0.29) is 18.6 Å². The highest BCUT2D eigenvalue weighted by atomic mass is 16.5. The highest BCUT2D eigenvalue weighted by molar-refractivity contribution is 5.85. The molecule has 1 N–H and O–H groups in total. The van der Waals surface area contributed by atoms with E-state index in [9.17, 15) is 4.79 Å². The van der Waals surface area contributed by atoms with Crippen LogP contribution >= 0.6 is 0 Å². The van der Waals surface area contributed by atoms with E-state index in [1.54, 1.807) is 19.0 Å². The predicted octanol–water partition coefficient (Wildman–Crippen LogP) is 2.13. The van der Waals surface area contributed by atoms with Crippen LogP contribution in [0.1, 0.15) is 31.2 Å². The van der Waals surface area contributed by atoms with Gasteiger partial charge in [-0.1, -0.05) is 30.3 Å². The average Bonchev–Trinajstić information content (AvgIpc) is 3.23. The lowest BCUT2D eigenvalue weighted by Gasteiger charge is -2.27. The maximum atomic E-state index is 12.0. The molecule has 2 unspecified atom stereocenters. The van der Waals surface area contributed by atoms with Crippen LogP contribution in [0.4, 0.5) is 0 Å². The number of hydrogen-bond acceptors (Lipinski definition) is 4. The van der Waals surface area contributed by atoms with Crippen LogP contribution in [0.3, 0.4) is 0 Å². The molecule has 2 saturated heterocycles. The Morgan fingerprint density at radius 2 is 2.10 bits per heavy atom. The van der Waals surface area contributed by atoms with Crippen molar-refractivity contribution in [3.05, 3.63) is 35.9 Å². The second-order valence-corrected chi connectivity index (χ2v) is 8.40. The summed E-state index contributed by atoms with van der Waals surface area (Å²) < 4.78 is 11.8. The molecule has 0 aliphatic carbocycles. The summed E-state index contributed by atoms with van der Waals surface area (Å²) in [5, 5.41) is 3.47. The van der Waals surface area contributed by atoms with Gasteiger partial charge < -0.3 is 24.6 Å². The Kier molecular flexibility index (Phi) is 8.96. The van der Waals surface area contributed by atoms with Gasteiger partial charge in [0.15, 0.2) is 5.96 Å². The van der Waals surface area contributed by atoms with Crippen molar-refractivity contribution in [3.8, 4) is 0 Å². The molecule has 2 heterocycles. The molecule has 30 heavy (non-hydrogen) atoms. The largest absolute Gasteiger partial charge is 0.376 e. The SMILES string of the molecule is CN(C)C(=O)CN=C(NCC1CCCCO1)N1CCC(COCc2ccccc2)C1. The number of carbonyl (C=O) groups excluding carboxylic acids is 1. The molecule has 3 rings (SSSR count). The first-order valence-corrected chi connectivity index (χ1v) is 11.1. The number of ether oxygens (including phenoxy) is 2. The van der Waals surface area contributed by atoms with Crippen molar-refractivity contribution >= 4 is 11.9 Å². The summed E-state index contributed by atoms with van der Waals surface area (Å²) in [6, 6.07) is 10.3. The lowest BCUT2D eigenvalue weighted by atomic mass is 10.1. The number of carbonyl (C=O) groups is 1. The van der Waals surface area contributed by atoms with Crippen molar-refractivity contribution in [3.63, 3.8) is 0 Å². The molecule has 0 radical (unpaired) electrons. The number of aliphatic imine (C=N–C) groups is 1. The monoisotopic (exact) mass is 416 g/mol. The number of nitrogens with one attached hydrogen (secondary N) is 1. The topological polar surface area (TPSA) is 66.4 Å². The molecule has 0 spiro atoms. The fourth-order valence-corrected chi connectivity index (χ4v) is 3.80. The summed E-state index contributed by atoms with van der Waals surface area (Å²) in [6.07, 6.45) is 4.72. The van der Waals surface area contributed by atoms with E-state index < -0.39 is 0 Å². The predicted molar refractivity (Wildman–Crippen MR) is 118 cm³/mol. The summed E-state index contributed by atoms with van der Waals surface area (Å²) in [7, 11) is 3.52. The normalized spacial score (nSPS) is 22.2. The van der Waals surface area contributed by atoms with Gasteiger partial charge in [-0.3, -0.25) is 4.79 Å². The fourth-order valence-electron chi connectivity index (χ4n) is 3.80. The number of benzene rings is 1. The van der Waals surface area contributed by atoms with E-state index >= 15 is 0 Å². The summed E-state index contributed by atoms with van der Waals surface area (Å²) in [6.45, 7) is 4.93. The number of guanidine groups is 1. The van der Waals surface area contributed by atoms with Crippen LogP contribution < -0.4 is 5.32 Å². The third kappa shape index (κ3) is 7.29. The molecule has 0 bridgehead atoms. The second-order valence-electron chi connectivity index (χ2n) is 8.40. The van der Waals surface area contributed by atoms with Crippen LogP contribution in [0.25, 0.3) is 0 Å². The number of hydrogen-bond donors (Lipinski definition) is 1. The van der Waals surface area contributed by atoms with Crippen molar-refractivity contribution in [1.29, 1.82) is 0 Å². The Balaban J connectivity index is 1.50. The van der Waals surface area contributed by atoms with Gasteiger partial charge in [-0.05, 0) is 31.2 Å². The zero-order valence-electron chi connectivity index (χ0n) is 18.4. The minimum Gasteiger partial charge on any atom is -0.376 e. The van der Waals surface area contributed by atoms with E-state index in [2.05, 4.69) is 27.3 Å². The number of likely N-dealkylation sites (tertiary alicyclic amines) is 1. The van der Waals surface area contributed by atoms with E-state index in [1.807, 2.05) is 18.2 Å². The third-order valence-electron chi connectivity index (χ3n) is 5.68. The summed E-state index contributed by atoms with van der Waals surface area (Å²) in [4.78, 5) is 20.5. The van der Waals surface area contributed by atoms with Gasteiger partial charge in [0.05, 0.1) is 19.3 Å². The molecule has 2 aliphatic heterocycles. The van der Waals surface area contributed by atoms with Gasteiger partial charge in [0.1, 0.15) is 6.54 Å². The Bertz CT molecular complexity index is 674. The van der Waals surface area contributed by atoms with E-state index in [0.29, 0.717) is 12.5 Å². The minimum absolute atomic E-state index is 0.00478. The van der Waals surface area contributed by atoms with Crippen molar-refractivity contribution < 1.29 is 14.3 Å². The van der Waals surface area contributed by atoms with Crippen LogP contribution in [0.5, 0.6) is 0 Å². The molecular weight excluding hydrogens is 380 g/mol. The van der Waals surface area contributed by atoms with E-state index in [0.717, 1.165) is 58.1 Å². The van der Waals surface area contributed by atoms with Gasteiger partial charge >= 0.3 is 0 Å². The van der Waals surface area contributed by atoms with E-state index in [1.165, 1.54) is 12.0 Å². The molecule has 7 heteroatoms. The second kappa shape index (κ2) is 11.9. The molecule has 2 fully saturated rings. The Hall–Kier alpha value is -2.12. The van der Waals surface area contributed by atoms with Crippen LogP contribution in [-0.2, 0) is 20.9 Å². The van der Waals surface area contributed by atoms with Crippen molar-refractivity contribution in [1.82, 2.24) is 15.1 Å². The molecule has 1 amide bonds. The van der Waals surface area contributed by atoms with Gasteiger partial charge in [-0.25, -0.2) is 4.99 Å². The van der Waals surface area contributed by atoms with Gasteiger partial charge in [0.25, 0.3) is 0 Å². The molecular formula is C23H36N4O3. The first kappa shape index (κ1) is 22.6. The van der Waals surface area contributed by atoms with Gasteiger partial charge in [0.2, 0.25) is 5.91 Å². The minimum atomic E-state index is 0.00478. The Morgan fingerprint density at radius 3 is 2.83 bits per heavy atom. The summed E-state index contributed by atoms with van der Waals surface area (Å²) >= 11 is 0. The smallest absolute Gasteiger partial charge is 0.243 e. The highest BCUT2D eigenvalue weighted by Gasteiger charge is 2.26. The van der Waals surface area contributed by atoms with Crippen molar-refractivity contribution in [2.45, 2.75) is 38.4 Å². The lowest BCUT2D eigenvalue weighted by Crippen LogP contribution is -2.45. The summed E-state index contributed by atoms with van der Waals surface area (Å²) in [5.74, 6) is 1.28. The van der Waals surface area contributed by atoms with Crippen molar-refractivity contribution in [2.75, 3.05) is 53.5 Å². The molecule has 0 saturated carbocycles. The van der Waals surface area contributed by atoms with Crippen LogP contribution in [-0.4, -0.2) is 81.3 Å².